The lowest BCUT2D eigenvalue weighted by Crippen LogP contribution is -2.60. The van der Waals surface area contributed by atoms with Gasteiger partial charge in [-0.15, -0.1) is 23.2 Å². The topological polar surface area (TPSA) is 104 Å². The van der Waals surface area contributed by atoms with Crippen LogP contribution in [0, 0.1) is 27.1 Å². The molecule has 230 valence electrons. The van der Waals surface area contributed by atoms with Gasteiger partial charge in [0, 0.05) is 9.49 Å². The van der Waals surface area contributed by atoms with E-state index in [1.165, 1.54) is 36.3 Å². The van der Waals surface area contributed by atoms with E-state index in [9.17, 15) is 28.7 Å². The van der Waals surface area contributed by atoms with E-state index >= 15 is 0 Å². The standard InChI is InChI=1S/C33H24Cl2FIN2O6/c1-45-25-14-16(2-13-24(25)40)27-21-11-12-22-26(29(42)38(28(22)41)19-9-5-18(37)6-10-19)23(21)15-32(34)30(43)39(31(44)33(27,32)35)20-7-3-17(36)4-8-20/h2-11,13-14,22-23,26-27,40H,12,15H2,1H3. The highest BCUT2D eigenvalue weighted by atomic mass is 127. The first kappa shape index (κ1) is 30.2. The zero-order valence-electron chi connectivity index (χ0n) is 23.5. The van der Waals surface area contributed by atoms with Crippen molar-refractivity contribution in [3.05, 3.63) is 93.3 Å². The number of aromatic hydroxyl groups is 1. The van der Waals surface area contributed by atoms with Crippen molar-refractivity contribution in [2.24, 2.45) is 17.8 Å². The van der Waals surface area contributed by atoms with Crippen molar-refractivity contribution in [1.29, 1.82) is 0 Å². The molecular weight excluding hydrogens is 737 g/mol. The molecule has 2 saturated heterocycles. The number of methoxy groups -OCH3 is 1. The number of anilines is 2. The van der Waals surface area contributed by atoms with Gasteiger partial charge in [-0.3, -0.25) is 24.1 Å². The first-order chi connectivity index (χ1) is 21.4. The van der Waals surface area contributed by atoms with Gasteiger partial charge < -0.3 is 9.84 Å². The number of carbonyl (C=O) groups excluding carboxylic acids is 4. The lowest BCUT2D eigenvalue weighted by Gasteiger charge is -2.50. The summed E-state index contributed by atoms with van der Waals surface area (Å²) < 4.78 is 20.1. The molecule has 12 heteroatoms. The van der Waals surface area contributed by atoms with E-state index in [0.717, 1.165) is 20.6 Å². The van der Waals surface area contributed by atoms with Crippen molar-refractivity contribution < 1.29 is 33.4 Å². The van der Waals surface area contributed by atoms with Gasteiger partial charge in [-0.05, 0) is 108 Å². The molecule has 2 aliphatic carbocycles. The van der Waals surface area contributed by atoms with E-state index in [0.29, 0.717) is 16.8 Å². The van der Waals surface area contributed by atoms with Crippen LogP contribution < -0.4 is 14.5 Å². The molecule has 2 aliphatic heterocycles. The van der Waals surface area contributed by atoms with Gasteiger partial charge >= 0.3 is 0 Å². The number of rotatable bonds is 4. The number of amides is 4. The Morgan fingerprint density at radius 3 is 2.20 bits per heavy atom. The lowest BCUT2D eigenvalue weighted by molar-refractivity contribution is -0.125. The van der Waals surface area contributed by atoms with Crippen LogP contribution in [0.5, 0.6) is 11.5 Å². The Hall–Kier alpha value is -3.48. The molecular formula is C33H24Cl2FIN2O6. The molecule has 45 heavy (non-hydrogen) atoms. The number of hydrogen-bond donors (Lipinski definition) is 1. The molecule has 0 bridgehead atoms. The smallest absolute Gasteiger partial charge is 0.258 e. The monoisotopic (exact) mass is 760 g/mol. The van der Waals surface area contributed by atoms with Crippen LogP contribution in [-0.2, 0) is 19.2 Å². The van der Waals surface area contributed by atoms with Crippen molar-refractivity contribution in [2.45, 2.75) is 28.5 Å². The number of allylic oxidation sites excluding steroid dienone is 2. The average molecular weight is 761 g/mol. The molecule has 6 unspecified atom stereocenters. The fourth-order valence-corrected chi connectivity index (χ4v) is 8.79. The van der Waals surface area contributed by atoms with E-state index in [1.807, 2.05) is 6.08 Å². The Balaban J connectivity index is 1.40. The van der Waals surface area contributed by atoms with Crippen molar-refractivity contribution in [2.75, 3.05) is 16.9 Å². The van der Waals surface area contributed by atoms with Crippen LogP contribution in [-0.4, -0.2) is 45.6 Å². The number of hydrogen-bond acceptors (Lipinski definition) is 6. The second-order valence-electron chi connectivity index (χ2n) is 11.7. The predicted molar refractivity (Wildman–Crippen MR) is 173 cm³/mol. The van der Waals surface area contributed by atoms with Crippen molar-refractivity contribution in [1.82, 2.24) is 0 Å². The summed E-state index contributed by atoms with van der Waals surface area (Å²) in [5.41, 5.74) is 1.56. The number of ether oxygens (including phenoxy) is 1. The summed E-state index contributed by atoms with van der Waals surface area (Å²) in [6.07, 6.45) is 1.84. The zero-order valence-corrected chi connectivity index (χ0v) is 27.2. The fourth-order valence-electron chi connectivity index (χ4n) is 7.49. The van der Waals surface area contributed by atoms with E-state index in [-0.39, 0.29) is 35.9 Å². The number of phenolic OH excluding ortho intramolecular Hbond substituents is 1. The van der Waals surface area contributed by atoms with Gasteiger partial charge in [0.1, 0.15) is 5.82 Å². The maximum absolute atomic E-state index is 14.4. The van der Waals surface area contributed by atoms with Crippen LogP contribution in [0.3, 0.4) is 0 Å². The number of fused-ring (bicyclic) bond motifs is 4. The molecule has 1 N–H and O–H groups in total. The number of halogens is 4. The van der Waals surface area contributed by atoms with E-state index in [1.54, 1.807) is 30.3 Å². The molecule has 2 heterocycles. The number of nitrogens with zero attached hydrogens (tertiary/aromatic N) is 2. The largest absolute Gasteiger partial charge is 0.504 e. The molecule has 6 atom stereocenters. The SMILES string of the molecule is COc1cc(C2C3=CCC4C(=O)N(c5ccc(I)cc5)C(=O)C4C3CC3(Cl)C(=O)N(c4ccc(F)cc4)C(=O)C23Cl)ccc1O. The maximum atomic E-state index is 14.4. The van der Waals surface area contributed by atoms with E-state index in [4.69, 9.17) is 27.9 Å². The minimum absolute atomic E-state index is 0.0923. The number of imide groups is 2. The van der Waals surface area contributed by atoms with Gasteiger partial charge in [0.05, 0.1) is 30.3 Å². The molecule has 4 aliphatic rings. The Kier molecular flexibility index (Phi) is 7.06. The molecule has 0 aromatic heterocycles. The maximum Gasteiger partial charge on any atom is 0.258 e. The molecule has 8 nitrogen and oxygen atoms in total. The van der Waals surface area contributed by atoms with Crippen LogP contribution in [0.15, 0.2) is 78.4 Å². The van der Waals surface area contributed by atoms with Gasteiger partial charge in [-0.2, -0.15) is 0 Å². The second kappa shape index (κ2) is 10.5. The molecule has 3 fully saturated rings. The normalized spacial score (nSPS) is 30.6. The zero-order chi connectivity index (χ0) is 32.0. The van der Waals surface area contributed by atoms with Gasteiger partial charge in [0.15, 0.2) is 21.2 Å². The Labute approximate surface area is 280 Å². The quantitative estimate of drug-likeness (QED) is 0.154. The highest BCUT2D eigenvalue weighted by Gasteiger charge is 2.76. The number of phenols is 1. The van der Waals surface area contributed by atoms with Crippen LogP contribution in [0.2, 0.25) is 0 Å². The third-order valence-corrected chi connectivity index (χ3v) is 11.7. The summed E-state index contributed by atoms with van der Waals surface area (Å²) >= 11 is 16.9. The van der Waals surface area contributed by atoms with Gasteiger partial charge in [0.2, 0.25) is 11.8 Å². The van der Waals surface area contributed by atoms with Crippen LogP contribution >= 0.6 is 45.8 Å². The average Bonchev–Trinajstić information content (AvgIpc) is 3.36. The predicted octanol–water partition coefficient (Wildman–Crippen LogP) is 5.91. The van der Waals surface area contributed by atoms with E-state index in [2.05, 4.69) is 22.6 Å². The minimum Gasteiger partial charge on any atom is -0.504 e. The summed E-state index contributed by atoms with van der Waals surface area (Å²) in [5.74, 6) is -6.33. The number of benzene rings is 3. The Bertz CT molecular complexity index is 1840. The molecule has 4 amide bonds. The molecule has 3 aromatic carbocycles. The summed E-state index contributed by atoms with van der Waals surface area (Å²) in [5, 5.41) is 10.4. The highest BCUT2D eigenvalue weighted by Crippen LogP contribution is 2.66. The van der Waals surface area contributed by atoms with Crippen LogP contribution in [0.1, 0.15) is 24.3 Å². The van der Waals surface area contributed by atoms with Gasteiger partial charge in [0.25, 0.3) is 11.8 Å². The summed E-state index contributed by atoms with van der Waals surface area (Å²) in [7, 11) is 1.37. The second-order valence-corrected chi connectivity index (χ2v) is 14.2. The first-order valence-electron chi connectivity index (χ1n) is 14.1. The van der Waals surface area contributed by atoms with Crippen molar-refractivity contribution in [3.8, 4) is 11.5 Å². The van der Waals surface area contributed by atoms with Crippen LogP contribution in [0.4, 0.5) is 15.8 Å². The molecule has 1 saturated carbocycles. The number of carbonyl (C=O) groups is 4. The third-order valence-electron chi connectivity index (χ3n) is 9.52. The Morgan fingerprint density at radius 2 is 1.53 bits per heavy atom. The van der Waals surface area contributed by atoms with Gasteiger partial charge in [-0.1, -0.05) is 17.7 Å². The molecule has 0 spiro atoms. The van der Waals surface area contributed by atoms with Crippen molar-refractivity contribution in [3.63, 3.8) is 0 Å². The molecule has 0 radical (unpaired) electrons. The highest BCUT2D eigenvalue weighted by molar-refractivity contribution is 14.1. The summed E-state index contributed by atoms with van der Waals surface area (Å²) in [6, 6.07) is 16.3. The number of alkyl halides is 2. The molecule has 3 aromatic rings. The fraction of sp³-hybridized carbons (Fsp3) is 0.273. The Morgan fingerprint density at radius 1 is 0.889 bits per heavy atom. The lowest BCUT2D eigenvalue weighted by atomic mass is 9.56. The van der Waals surface area contributed by atoms with Crippen molar-refractivity contribution >= 4 is 80.8 Å². The third kappa shape index (κ3) is 4.14. The van der Waals surface area contributed by atoms with E-state index < -0.39 is 57.0 Å². The molecule has 7 rings (SSSR count). The van der Waals surface area contributed by atoms with Gasteiger partial charge in [-0.25, -0.2) is 9.29 Å². The summed E-state index contributed by atoms with van der Waals surface area (Å²) in [6.45, 7) is 0. The van der Waals surface area contributed by atoms with Crippen LogP contribution in [0.25, 0.3) is 0 Å². The minimum atomic E-state index is -2.08. The first-order valence-corrected chi connectivity index (χ1v) is 16.0. The summed E-state index contributed by atoms with van der Waals surface area (Å²) in [4.78, 5) is 54.5.